The third-order valence-corrected chi connectivity index (χ3v) is 9.39. The zero-order valence-electron chi connectivity index (χ0n) is 14.7. The summed E-state index contributed by atoms with van der Waals surface area (Å²) in [6.07, 6.45) is 5.01. The van der Waals surface area contributed by atoms with Gasteiger partial charge in [-0.15, -0.1) is 23.1 Å². The molecule has 0 aliphatic carbocycles. The zero-order valence-corrected chi connectivity index (χ0v) is 17.1. The molecule has 4 rings (SSSR count). The summed E-state index contributed by atoms with van der Waals surface area (Å²) in [5.74, 6) is -0.0409. The van der Waals surface area contributed by atoms with Gasteiger partial charge in [0, 0.05) is 31.3 Å². The molecule has 0 unspecified atom stereocenters. The molecular formula is C18H20N2O3S3. The van der Waals surface area contributed by atoms with E-state index in [2.05, 4.69) is 0 Å². The maximum Gasteiger partial charge on any atom is 0.266 e. The molecule has 0 N–H and O–H groups in total. The fourth-order valence-corrected chi connectivity index (χ4v) is 7.85. The summed E-state index contributed by atoms with van der Waals surface area (Å²) in [4.78, 5) is 15.9. The average molecular weight is 409 g/mol. The molecule has 2 aliphatic rings. The molecule has 0 spiro atoms. The third-order valence-electron chi connectivity index (χ3n) is 4.99. The molecule has 26 heavy (non-hydrogen) atoms. The lowest BCUT2D eigenvalue weighted by atomic mass is 10.0. The van der Waals surface area contributed by atoms with Crippen LogP contribution in [0.5, 0.6) is 0 Å². The number of likely N-dealkylation sites (tertiary alicyclic amines) is 1. The van der Waals surface area contributed by atoms with Crippen molar-refractivity contribution in [3.63, 3.8) is 0 Å². The van der Waals surface area contributed by atoms with Crippen molar-refractivity contribution in [2.24, 2.45) is 0 Å². The Bertz CT molecular complexity index is 976. The highest BCUT2D eigenvalue weighted by atomic mass is 32.2. The Morgan fingerprint density at radius 2 is 1.85 bits per heavy atom. The van der Waals surface area contributed by atoms with Crippen molar-refractivity contribution in [3.05, 3.63) is 29.1 Å². The molecule has 8 heteroatoms. The number of thiophene rings is 1. The Hall–Kier alpha value is -1.51. The van der Waals surface area contributed by atoms with Crippen LogP contribution in [0.3, 0.4) is 0 Å². The van der Waals surface area contributed by atoms with Crippen LogP contribution in [0.25, 0.3) is 11.1 Å². The van der Waals surface area contributed by atoms with E-state index in [4.69, 9.17) is 0 Å². The van der Waals surface area contributed by atoms with E-state index in [9.17, 15) is 13.2 Å². The minimum atomic E-state index is -3.67. The maximum absolute atomic E-state index is 13.2. The highest BCUT2D eigenvalue weighted by Crippen LogP contribution is 2.51. The van der Waals surface area contributed by atoms with Crippen molar-refractivity contribution < 1.29 is 13.2 Å². The predicted molar refractivity (Wildman–Crippen MR) is 107 cm³/mol. The van der Waals surface area contributed by atoms with Crippen molar-refractivity contribution in [1.82, 2.24) is 4.90 Å². The van der Waals surface area contributed by atoms with E-state index in [0.29, 0.717) is 20.3 Å². The molecule has 138 valence electrons. The van der Waals surface area contributed by atoms with Gasteiger partial charge in [-0.25, -0.2) is 8.42 Å². The second-order valence-electron chi connectivity index (χ2n) is 6.47. The van der Waals surface area contributed by atoms with E-state index in [1.165, 1.54) is 27.4 Å². The van der Waals surface area contributed by atoms with Crippen molar-refractivity contribution in [3.8, 4) is 11.1 Å². The first kappa shape index (κ1) is 17.9. The molecule has 1 aromatic carbocycles. The molecule has 2 aromatic rings. The number of amides is 1. The molecule has 0 atom stereocenters. The minimum absolute atomic E-state index is 0.0409. The topological polar surface area (TPSA) is 57.7 Å². The van der Waals surface area contributed by atoms with Gasteiger partial charge in [-0.05, 0) is 31.6 Å². The lowest BCUT2D eigenvalue weighted by molar-refractivity contribution is 0.0730. The monoisotopic (exact) mass is 408 g/mol. The van der Waals surface area contributed by atoms with Crippen molar-refractivity contribution in [2.45, 2.75) is 28.4 Å². The van der Waals surface area contributed by atoms with Gasteiger partial charge in [0.15, 0.2) is 0 Å². The summed E-state index contributed by atoms with van der Waals surface area (Å²) < 4.78 is 28.3. The first-order chi connectivity index (χ1) is 12.5. The third kappa shape index (κ3) is 2.58. The Morgan fingerprint density at radius 3 is 2.54 bits per heavy atom. The van der Waals surface area contributed by atoms with Crippen LogP contribution in [0.4, 0.5) is 5.69 Å². The number of fused-ring (bicyclic) bond motifs is 3. The van der Waals surface area contributed by atoms with Gasteiger partial charge in [0.05, 0.1) is 9.90 Å². The number of hydrogen-bond donors (Lipinski definition) is 0. The van der Waals surface area contributed by atoms with E-state index in [1.807, 2.05) is 29.4 Å². The van der Waals surface area contributed by atoms with Gasteiger partial charge in [0.25, 0.3) is 15.9 Å². The van der Waals surface area contributed by atoms with Crippen LogP contribution in [0.1, 0.15) is 28.9 Å². The first-order valence-electron chi connectivity index (χ1n) is 8.55. The fourth-order valence-electron chi connectivity index (χ4n) is 3.63. The van der Waals surface area contributed by atoms with E-state index in [-0.39, 0.29) is 10.8 Å². The summed E-state index contributed by atoms with van der Waals surface area (Å²) in [6, 6.07) is 7.41. The lowest BCUT2D eigenvalue weighted by Crippen LogP contribution is -2.36. The van der Waals surface area contributed by atoms with E-state index >= 15 is 0 Å². The summed E-state index contributed by atoms with van der Waals surface area (Å²) in [7, 11) is -2.09. The number of carbonyl (C=O) groups is 1. The fraction of sp³-hybridized carbons (Fsp3) is 0.389. The van der Waals surface area contributed by atoms with Gasteiger partial charge in [0.2, 0.25) is 0 Å². The molecule has 1 amide bonds. The van der Waals surface area contributed by atoms with Crippen LogP contribution >= 0.6 is 23.1 Å². The molecule has 0 saturated carbocycles. The normalized spacial score (nSPS) is 18.4. The molecule has 1 fully saturated rings. The first-order valence-corrected chi connectivity index (χ1v) is 12.0. The number of piperidine rings is 1. The molecular weight excluding hydrogens is 388 g/mol. The van der Waals surface area contributed by atoms with E-state index in [1.54, 1.807) is 13.1 Å². The van der Waals surface area contributed by atoms with Gasteiger partial charge in [-0.1, -0.05) is 18.2 Å². The van der Waals surface area contributed by atoms with Crippen LogP contribution in [-0.4, -0.2) is 45.6 Å². The van der Waals surface area contributed by atoms with Crippen molar-refractivity contribution >= 4 is 44.7 Å². The zero-order chi connectivity index (χ0) is 18.5. The molecule has 2 aliphatic heterocycles. The number of rotatable bonds is 2. The summed E-state index contributed by atoms with van der Waals surface area (Å²) >= 11 is 2.70. The number of hydrogen-bond acceptors (Lipinski definition) is 5. The quantitative estimate of drug-likeness (QED) is 0.707. The molecule has 0 radical (unpaired) electrons. The summed E-state index contributed by atoms with van der Waals surface area (Å²) in [6.45, 7) is 1.49. The van der Waals surface area contributed by atoms with E-state index < -0.39 is 10.0 Å². The number of nitrogens with zero attached hydrogens (tertiary/aromatic N) is 2. The van der Waals surface area contributed by atoms with Gasteiger partial charge in [-0.2, -0.15) is 0 Å². The van der Waals surface area contributed by atoms with Crippen LogP contribution in [-0.2, 0) is 10.0 Å². The smallest absolute Gasteiger partial charge is 0.266 e. The molecule has 5 nitrogen and oxygen atoms in total. The van der Waals surface area contributed by atoms with Crippen LogP contribution in [0, 0.1) is 0 Å². The standard InChI is InChI=1S/C18H20N2O3S3/c1-19-13-9-5-4-8-12(13)14-15(17(21)20-10-6-3-7-11-20)25-18(24-2)16(14)26(19,22)23/h4-5,8-9H,3,6-7,10-11H2,1-2H3. The summed E-state index contributed by atoms with van der Waals surface area (Å²) in [5, 5.41) is 0. The van der Waals surface area contributed by atoms with Gasteiger partial charge < -0.3 is 4.90 Å². The van der Waals surface area contributed by atoms with Crippen molar-refractivity contribution in [1.29, 1.82) is 0 Å². The van der Waals surface area contributed by atoms with Crippen LogP contribution in [0.2, 0.25) is 0 Å². The molecule has 1 aromatic heterocycles. The van der Waals surface area contributed by atoms with Gasteiger partial charge in [0.1, 0.15) is 9.77 Å². The number of para-hydroxylation sites is 1. The maximum atomic E-state index is 13.2. The molecule has 3 heterocycles. The van der Waals surface area contributed by atoms with Gasteiger partial charge >= 0.3 is 0 Å². The second-order valence-corrected chi connectivity index (χ2v) is 10.5. The molecule has 0 bridgehead atoms. The van der Waals surface area contributed by atoms with Crippen LogP contribution < -0.4 is 4.31 Å². The van der Waals surface area contributed by atoms with Crippen molar-refractivity contribution in [2.75, 3.05) is 30.7 Å². The lowest BCUT2D eigenvalue weighted by Gasteiger charge is -2.29. The Labute approximate surface area is 162 Å². The highest BCUT2D eigenvalue weighted by Gasteiger charge is 2.40. The number of thioether (sulfide) groups is 1. The van der Waals surface area contributed by atoms with Gasteiger partial charge in [-0.3, -0.25) is 9.10 Å². The molecule has 1 saturated heterocycles. The Morgan fingerprint density at radius 1 is 1.15 bits per heavy atom. The highest BCUT2D eigenvalue weighted by molar-refractivity contribution is 8.01. The Balaban J connectivity index is 1.97. The number of carbonyl (C=O) groups excluding carboxylic acids is 1. The largest absolute Gasteiger partial charge is 0.338 e. The minimum Gasteiger partial charge on any atom is -0.338 e. The number of anilines is 1. The van der Waals surface area contributed by atoms with Crippen LogP contribution in [0.15, 0.2) is 33.4 Å². The SMILES string of the molecule is CSc1sc(C(=O)N2CCCCC2)c2c1S(=O)(=O)N(C)c1ccccc1-2. The Kier molecular flexibility index (Phi) is 4.53. The summed E-state index contributed by atoms with van der Waals surface area (Å²) in [5.41, 5.74) is 2.03. The van der Waals surface area contributed by atoms with E-state index in [0.717, 1.165) is 37.9 Å². The second kappa shape index (κ2) is 6.58. The number of benzene rings is 1. The average Bonchev–Trinajstić information content (AvgIpc) is 3.07. The predicted octanol–water partition coefficient (Wildman–Crippen LogP) is 3.90. The number of sulfonamides is 1.